The first-order valence-corrected chi connectivity index (χ1v) is 8.22. The molecule has 0 aromatic carbocycles. The van der Waals surface area contributed by atoms with Crippen LogP contribution in [-0.2, 0) is 4.79 Å². The number of nitrogens with zero attached hydrogens (tertiary/aromatic N) is 2. The lowest BCUT2D eigenvalue weighted by Crippen LogP contribution is -2.22. The SMILES string of the molecule is CCCCC(CC)C(=O)Nc1nc(C)c(C(=O)N(C)C)s1. The molecule has 2 amide bonds. The Morgan fingerprint density at radius 2 is 2.00 bits per heavy atom. The van der Waals surface area contributed by atoms with Gasteiger partial charge in [-0.1, -0.05) is 38.0 Å². The van der Waals surface area contributed by atoms with Crippen molar-refractivity contribution in [1.82, 2.24) is 9.88 Å². The number of amides is 2. The van der Waals surface area contributed by atoms with Crippen molar-refractivity contribution in [2.75, 3.05) is 19.4 Å². The van der Waals surface area contributed by atoms with Crippen LogP contribution < -0.4 is 5.32 Å². The highest BCUT2D eigenvalue weighted by molar-refractivity contribution is 7.17. The first kappa shape index (κ1) is 17.6. The zero-order valence-electron chi connectivity index (χ0n) is 13.5. The van der Waals surface area contributed by atoms with Gasteiger partial charge in [0.2, 0.25) is 5.91 Å². The van der Waals surface area contributed by atoms with E-state index < -0.39 is 0 Å². The summed E-state index contributed by atoms with van der Waals surface area (Å²) in [6.07, 6.45) is 3.85. The van der Waals surface area contributed by atoms with Crippen molar-refractivity contribution in [2.45, 2.75) is 46.5 Å². The number of carbonyl (C=O) groups is 2. The molecule has 1 rings (SSSR count). The van der Waals surface area contributed by atoms with Gasteiger partial charge >= 0.3 is 0 Å². The molecule has 0 aliphatic rings. The van der Waals surface area contributed by atoms with Crippen molar-refractivity contribution in [1.29, 1.82) is 0 Å². The first-order chi connectivity index (χ1) is 9.90. The van der Waals surface area contributed by atoms with Crippen molar-refractivity contribution < 1.29 is 9.59 Å². The Balaban J connectivity index is 2.77. The predicted molar refractivity (Wildman–Crippen MR) is 86.8 cm³/mol. The average molecular weight is 311 g/mol. The summed E-state index contributed by atoms with van der Waals surface area (Å²) in [5.74, 6) is -0.0609. The third-order valence-electron chi connectivity index (χ3n) is 3.40. The molecular formula is C15H25N3O2S. The summed E-state index contributed by atoms with van der Waals surface area (Å²) in [5, 5.41) is 3.37. The van der Waals surface area contributed by atoms with Crippen molar-refractivity contribution in [3.8, 4) is 0 Å². The van der Waals surface area contributed by atoms with E-state index in [4.69, 9.17) is 0 Å². The van der Waals surface area contributed by atoms with Gasteiger partial charge in [-0.2, -0.15) is 0 Å². The molecule has 6 heteroatoms. The minimum Gasteiger partial charge on any atom is -0.344 e. The number of nitrogens with one attached hydrogen (secondary N) is 1. The van der Waals surface area contributed by atoms with E-state index in [1.165, 1.54) is 16.2 Å². The molecule has 1 unspecified atom stereocenters. The zero-order chi connectivity index (χ0) is 16.0. The Morgan fingerprint density at radius 3 is 2.52 bits per heavy atom. The number of hydrogen-bond acceptors (Lipinski definition) is 4. The molecule has 1 aromatic heterocycles. The van der Waals surface area contributed by atoms with Crippen LogP contribution in [0.5, 0.6) is 0 Å². The quantitative estimate of drug-likeness (QED) is 0.840. The Labute approximate surface area is 130 Å². The summed E-state index contributed by atoms with van der Waals surface area (Å²) in [6.45, 7) is 5.93. The van der Waals surface area contributed by atoms with E-state index in [2.05, 4.69) is 17.2 Å². The molecule has 1 aromatic rings. The lowest BCUT2D eigenvalue weighted by molar-refractivity contribution is -0.120. The van der Waals surface area contributed by atoms with Crippen LogP contribution in [0.2, 0.25) is 0 Å². The summed E-state index contributed by atoms with van der Waals surface area (Å²) < 4.78 is 0. The fourth-order valence-electron chi connectivity index (χ4n) is 2.03. The standard InChI is InChI=1S/C15H25N3O2S/c1-6-8-9-11(7-2)13(19)17-15-16-10(3)12(21-15)14(20)18(4)5/h11H,6-9H2,1-5H3,(H,16,17,19). The van der Waals surface area contributed by atoms with E-state index in [0.717, 1.165) is 25.7 Å². The molecule has 1 atom stereocenters. The highest BCUT2D eigenvalue weighted by Gasteiger charge is 2.20. The van der Waals surface area contributed by atoms with Crippen molar-refractivity contribution in [3.63, 3.8) is 0 Å². The molecule has 1 heterocycles. The normalized spacial score (nSPS) is 12.0. The maximum Gasteiger partial charge on any atom is 0.265 e. The van der Waals surface area contributed by atoms with Crippen LogP contribution in [0.1, 0.15) is 54.9 Å². The second-order valence-electron chi connectivity index (χ2n) is 5.37. The molecule has 0 aliphatic carbocycles. The summed E-state index contributed by atoms with van der Waals surface area (Å²) >= 11 is 1.24. The van der Waals surface area contributed by atoms with Crippen LogP contribution in [-0.4, -0.2) is 35.8 Å². The van der Waals surface area contributed by atoms with Crippen LogP contribution >= 0.6 is 11.3 Å². The minimum absolute atomic E-state index is 0.00329. The first-order valence-electron chi connectivity index (χ1n) is 7.40. The van der Waals surface area contributed by atoms with Crippen LogP contribution in [0, 0.1) is 12.8 Å². The Kier molecular flexibility index (Phi) is 6.81. The Morgan fingerprint density at radius 1 is 1.33 bits per heavy atom. The van der Waals surface area contributed by atoms with E-state index in [1.807, 2.05) is 6.92 Å². The number of rotatable bonds is 7. The van der Waals surface area contributed by atoms with Crippen molar-refractivity contribution in [3.05, 3.63) is 10.6 Å². The molecule has 0 spiro atoms. The van der Waals surface area contributed by atoms with Gasteiger partial charge in [0.1, 0.15) is 4.88 Å². The molecule has 0 radical (unpaired) electrons. The summed E-state index contributed by atoms with van der Waals surface area (Å²) in [7, 11) is 3.41. The van der Waals surface area contributed by atoms with E-state index >= 15 is 0 Å². The number of aromatic nitrogens is 1. The van der Waals surface area contributed by atoms with Crippen molar-refractivity contribution in [2.24, 2.45) is 5.92 Å². The van der Waals surface area contributed by atoms with Gasteiger partial charge < -0.3 is 10.2 Å². The molecule has 0 saturated heterocycles. The molecule has 0 bridgehead atoms. The molecule has 0 saturated carbocycles. The second kappa shape index (κ2) is 8.12. The van der Waals surface area contributed by atoms with Gasteiger partial charge in [-0.3, -0.25) is 9.59 Å². The number of thiazole rings is 1. The molecule has 118 valence electrons. The van der Waals surface area contributed by atoms with E-state index in [1.54, 1.807) is 21.0 Å². The molecule has 21 heavy (non-hydrogen) atoms. The number of unbranched alkanes of at least 4 members (excludes halogenated alkanes) is 1. The van der Waals surface area contributed by atoms with Gasteiger partial charge in [0, 0.05) is 20.0 Å². The third kappa shape index (κ3) is 4.81. The van der Waals surface area contributed by atoms with E-state index in [0.29, 0.717) is 15.7 Å². The predicted octanol–water partition coefficient (Wildman–Crippen LogP) is 3.31. The van der Waals surface area contributed by atoms with E-state index in [-0.39, 0.29) is 17.7 Å². The van der Waals surface area contributed by atoms with Gasteiger partial charge in [-0.05, 0) is 19.8 Å². The van der Waals surface area contributed by atoms with Gasteiger partial charge in [0.15, 0.2) is 5.13 Å². The lowest BCUT2D eigenvalue weighted by atomic mass is 9.99. The summed E-state index contributed by atoms with van der Waals surface area (Å²) in [6, 6.07) is 0. The Bertz CT molecular complexity index is 497. The number of aryl methyl sites for hydroxylation is 1. The zero-order valence-corrected chi connectivity index (χ0v) is 14.3. The van der Waals surface area contributed by atoms with E-state index in [9.17, 15) is 9.59 Å². The monoisotopic (exact) mass is 311 g/mol. The van der Waals surface area contributed by atoms with Gasteiger partial charge in [-0.25, -0.2) is 4.98 Å². The molecule has 0 aliphatic heterocycles. The minimum atomic E-state index is -0.0801. The van der Waals surface area contributed by atoms with Gasteiger partial charge in [-0.15, -0.1) is 0 Å². The largest absolute Gasteiger partial charge is 0.344 e. The van der Waals surface area contributed by atoms with Gasteiger partial charge in [0.25, 0.3) is 5.91 Å². The number of carbonyl (C=O) groups excluding carboxylic acids is 2. The number of anilines is 1. The fourth-order valence-corrected chi connectivity index (χ4v) is 3.02. The molecule has 0 fully saturated rings. The average Bonchev–Trinajstić information content (AvgIpc) is 2.79. The van der Waals surface area contributed by atoms with Crippen LogP contribution in [0.3, 0.4) is 0 Å². The Hall–Kier alpha value is -1.43. The fraction of sp³-hybridized carbons (Fsp3) is 0.667. The second-order valence-corrected chi connectivity index (χ2v) is 6.37. The van der Waals surface area contributed by atoms with Crippen molar-refractivity contribution >= 4 is 28.3 Å². The highest BCUT2D eigenvalue weighted by Crippen LogP contribution is 2.25. The lowest BCUT2D eigenvalue weighted by Gasteiger charge is -2.12. The molecule has 5 nitrogen and oxygen atoms in total. The topological polar surface area (TPSA) is 62.3 Å². The van der Waals surface area contributed by atoms with Crippen LogP contribution in [0.15, 0.2) is 0 Å². The maximum absolute atomic E-state index is 12.2. The summed E-state index contributed by atoms with van der Waals surface area (Å²) in [5.41, 5.74) is 0.663. The molecule has 1 N–H and O–H groups in total. The third-order valence-corrected chi connectivity index (χ3v) is 4.46. The van der Waals surface area contributed by atoms with Crippen LogP contribution in [0.4, 0.5) is 5.13 Å². The highest BCUT2D eigenvalue weighted by atomic mass is 32.1. The maximum atomic E-state index is 12.2. The van der Waals surface area contributed by atoms with Crippen LogP contribution in [0.25, 0.3) is 0 Å². The van der Waals surface area contributed by atoms with Gasteiger partial charge in [0.05, 0.1) is 5.69 Å². The summed E-state index contributed by atoms with van der Waals surface area (Å²) in [4.78, 5) is 30.6. The molecular weight excluding hydrogens is 286 g/mol. The smallest absolute Gasteiger partial charge is 0.265 e. The number of hydrogen-bond donors (Lipinski definition) is 1.